The van der Waals surface area contributed by atoms with Crippen LogP contribution in [0.2, 0.25) is 0 Å². The van der Waals surface area contributed by atoms with Gasteiger partial charge in [-0.15, -0.1) is 0 Å². The lowest BCUT2D eigenvalue weighted by Crippen LogP contribution is -2.44. The minimum atomic E-state index is -3.89. The third-order valence-corrected chi connectivity index (χ3v) is 11.1. The topological polar surface area (TPSA) is 110 Å². The first-order chi connectivity index (χ1) is 22.3. The van der Waals surface area contributed by atoms with Gasteiger partial charge in [-0.05, 0) is 47.1 Å². The minimum absolute atomic E-state index is 0.0634. The Kier molecular flexibility index (Phi) is 9.96. The lowest BCUT2D eigenvalue weighted by molar-refractivity contribution is -0.127. The van der Waals surface area contributed by atoms with Gasteiger partial charge in [0.15, 0.2) is 0 Å². The number of hydrogen-bond donors (Lipinski definition) is 3. The maximum Gasteiger partial charge on any atom is 0.282 e. The van der Waals surface area contributed by atoms with E-state index in [1.54, 1.807) is 0 Å². The first-order valence-corrected chi connectivity index (χ1v) is 17.3. The zero-order valence-electron chi connectivity index (χ0n) is 25.7. The summed E-state index contributed by atoms with van der Waals surface area (Å²) >= 11 is 0. The first-order valence-electron chi connectivity index (χ1n) is 15.9. The lowest BCUT2D eigenvalue weighted by atomic mass is 9.92. The maximum atomic E-state index is 14.0. The first kappa shape index (κ1) is 32.1. The molecule has 4 aromatic carbocycles. The fraction of sp³-hybridized carbons (Fsp3) is 0.324. The molecule has 2 aliphatic rings. The van der Waals surface area contributed by atoms with Crippen LogP contribution in [0.1, 0.15) is 40.3 Å². The van der Waals surface area contributed by atoms with Crippen LogP contribution in [-0.2, 0) is 40.8 Å². The Labute approximate surface area is 271 Å². The average Bonchev–Trinajstić information content (AvgIpc) is 3.49. The van der Waals surface area contributed by atoms with Gasteiger partial charge in [0.05, 0.1) is 18.2 Å². The highest BCUT2D eigenvalue weighted by Gasteiger charge is 2.45. The van der Waals surface area contributed by atoms with E-state index < -0.39 is 34.4 Å². The van der Waals surface area contributed by atoms with E-state index in [-0.39, 0.29) is 31.5 Å². The second-order valence-corrected chi connectivity index (χ2v) is 14.3. The molecule has 0 spiro atoms. The van der Waals surface area contributed by atoms with Crippen LogP contribution in [0.3, 0.4) is 0 Å². The van der Waals surface area contributed by atoms with Crippen molar-refractivity contribution in [3.63, 3.8) is 0 Å². The third kappa shape index (κ3) is 7.40. The van der Waals surface area contributed by atoms with E-state index in [9.17, 15) is 23.4 Å². The van der Waals surface area contributed by atoms with Crippen LogP contribution >= 0.6 is 0 Å². The molecule has 3 N–H and O–H groups in total. The van der Waals surface area contributed by atoms with Gasteiger partial charge in [0, 0.05) is 38.0 Å². The summed E-state index contributed by atoms with van der Waals surface area (Å²) in [7, 11) is -3.89. The number of carbonyl (C=O) groups is 1. The van der Waals surface area contributed by atoms with Gasteiger partial charge < -0.3 is 15.5 Å². The number of aliphatic hydroxyl groups excluding tert-OH is 2. The van der Waals surface area contributed by atoms with Gasteiger partial charge >= 0.3 is 0 Å². The van der Waals surface area contributed by atoms with Gasteiger partial charge in [0.2, 0.25) is 5.91 Å². The Morgan fingerprint density at radius 2 is 1.41 bits per heavy atom. The number of carbonyl (C=O) groups excluding carboxylic acids is 1. The minimum Gasteiger partial charge on any atom is -0.392 e. The number of amides is 1. The molecule has 1 amide bonds. The number of β-amino-alcohol motifs (C(OH)–C–C–N with tert-alkyl or cyclic N) is 1. The van der Waals surface area contributed by atoms with Crippen LogP contribution < -0.4 is 5.32 Å². The van der Waals surface area contributed by atoms with Crippen LogP contribution in [0.15, 0.2) is 115 Å². The Bertz CT molecular complexity index is 1710. The normalized spacial score (nSPS) is 22.3. The number of rotatable bonds is 12. The monoisotopic (exact) mass is 639 g/mol. The summed E-state index contributed by atoms with van der Waals surface area (Å²) in [5.74, 6) is -0.921. The Morgan fingerprint density at radius 3 is 2.09 bits per heavy atom. The predicted molar refractivity (Wildman–Crippen MR) is 178 cm³/mol. The molecule has 1 heterocycles. The van der Waals surface area contributed by atoms with E-state index >= 15 is 0 Å². The van der Waals surface area contributed by atoms with Gasteiger partial charge in [0.25, 0.3) is 10.2 Å². The quantitative estimate of drug-likeness (QED) is 0.217. The molecule has 9 heteroatoms. The molecule has 6 rings (SSSR count). The van der Waals surface area contributed by atoms with Crippen molar-refractivity contribution in [2.24, 2.45) is 5.92 Å². The zero-order chi connectivity index (χ0) is 32.1. The number of aliphatic hydroxyl groups is 2. The van der Waals surface area contributed by atoms with Gasteiger partial charge in [-0.25, -0.2) is 0 Å². The summed E-state index contributed by atoms with van der Waals surface area (Å²) in [6.07, 6.45) is -0.437. The fourth-order valence-corrected chi connectivity index (χ4v) is 8.65. The van der Waals surface area contributed by atoms with E-state index in [1.807, 2.05) is 115 Å². The molecule has 1 saturated heterocycles. The van der Waals surface area contributed by atoms with Crippen molar-refractivity contribution in [3.8, 4) is 0 Å². The SMILES string of the molecule is O=C(N[C@H]1c2ccccc2C[C@H]1O)C(Cc1ccccc1)CC(O)CN1[C@@H](Cc2ccccc2)CN(Cc2ccccc2)S1(=O)=O. The van der Waals surface area contributed by atoms with Crippen molar-refractivity contribution in [3.05, 3.63) is 143 Å². The standard InChI is InChI=1S/C37H41N3O5S/c41-33(22-31(20-27-12-4-1-5-13-27)37(43)38-36-34-19-11-10-18-30(34)23-35(36)42)26-40-32(21-28-14-6-2-7-15-28)25-39(46(40,44)45)24-29-16-8-3-9-17-29/h1-19,31-33,35-36,41-42H,20-26H2,(H,38,43)/t31?,32-,33?,35+,36-/m0/s1. The van der Waals surface area contributed by atoms with E-state index in [2.05, 4.69) is 5.32 Å². The molecule has 0 radical (unpaired) electrons. The smallest absolute Gasteiger partial charge is 0.282 e. The Hall–Kier alpha value is -3.86. The highest BCUT2D eigenvalue weighted by molar-refractivity contribution is 7.87. The molecular weight excluding hydrogens is 598 g/mol. The lowest BCUT2D eigenvalue weighted by Gasteiger charge is -2.28. The second kappa shape index (κ2) is 14.3. The number of nitrogens with zero attached hydrogens (tertiary/aromatic N) is 2. The van der Waals surface area contributed by atoms with Gasteiger partial charge in [-0.1, -0.05) is 115 Å². The van der Waals surface area contributed by atoms with Crippen LogP contribution in [-0.4, -0.2) is 64.5 Å². The molecular formula is C37H41N3O5S. The molecule has 240 valence electrons. The molecule has 4 aromatic rings. The molecule has 0 aromatic heterocycles. The summed E-state index contributed by atoms with van der Waals surface area (Å²) in [4.78, 5) is 13.8. The summed E-state index contributed by atoms with van der Waals surface area (Å²) in [6.45, 7) is 0.412. The van der Waals surface area contributed by atoms with Crippen molar-refractivity contribution >= 4 is 16.1 Å². The summed E-state index contributed by atoms with van der Waals surface area (Å²) in [6, 6.07) is 35.6. The molecule has 2 unspecified atom stereocenters. The molecule has 1 aliphatic carbocycles. The van der Waals surface area contributed by atoms with Crippen molar-refractivity contribution in [2.75, 3.05) is 13.1 Å². The second-order valence-electron chi connectivity index (χ2n) is 12.4. The van der Waals surface area contributed by atoms with Gasteiger partial charge in [-0.3, -0.25) is 4.79 Å². The molecule has 46 heavy (non-hydrogen) atoms. The molecule has 0 bridgehead atoms. The zero-order valence-corrected chi connectivity index (χ0v) is 26.5. The van der Waals surface area contributed by atoms with Crippen molar-refractivity contribution in [1.82, 2.24) is 13.9 Å². The van der Waals surface area contributed by atoms with E-state index in [0.717, 1.165) is 27.8 Å². The van der Waals surface area contributed by atoms with E-state index in [0.29, 0.717) is 25.8 Å². The highest BCUT2D eigenvalue weighted by atomic mass is 32.2. The Morgan fingerprint density at radius 1 is 0.826 bits per heavy atom. The third-order valence-electron chi connectivity index (χ3n) is 9.10. The van der Waals surface area contributed by atoms with E-state index in [1.165, 1.54) is 8.61 Å². The van der Waals surface area contributed by atoms with Crippen LogP contribution in [0.4, 0.5) is 0 Å². The van der Waals surface area contributed by atoms with Crippen molar-refractivity contribution < 1.29 is 23.4 Å². The molecule has 0 saturated carbocycles. The number of nitrogens with one attached hydrogen (secondary N) is 1. The number of benzene rings is 4. The summed E-state index contributed by atoms with van der Waals surface area (Å²) < 4.78 is 30.8. The predicted octanol–water partition coefficient (Wildman–Crippen LogP) is 4.04. The fourth-order valence-electron chi connectivity index (χ4n) is 6.80. The maximum absolute atomic E-state index is 14.0. The number of fused-ring (bicyclic) bond motifs is 1. The van der Waals surface area contributed by atoms with Crippen LogP contribution in [0, 0.1) is 5.92 Å². The van der Waals surface area contributed by atoms with Crippen molar-refractivity contribution in [2.45, 2.75) is 56.5 Å². The average molecular weight is 640 g/mol. The molecule has 8 nitrogen and oxygen atoms in total. The van der Waals surface area contributed by atoms with Crippen LogP contribution in [0.5, 0.6) is 0 Å². The summed E-state index contributed by atoms with van der Waals surface area (Å²) in [5.41, 5.74) is 4.74. The van der Waals surface area contributed by atoms with E-state index in [4.69, 9.17) is 0 Å². The summed E-state index contributed by atoms with van der Waals surface area (Å²) in [5, 5.41) is 25.4. The van der Waals surface area contributed by atoms with Crippen molar-refractivity contribution in [1.29, 1.82) is 0 Å². The highest BCUT2D eigenvalue weighted by Crippen LogP contribution is 2.32. The largest absolute Gasteiger partial charge is 0.392 e. The molecule has 5 atom stereocenters. The molecule has 1 aliphatic heterocycles. The number of hydrogen-bond acceptors (Lipinski definition) is 5. The van der Waals surface area contributed by atoms with Gasteiger partial charge in [-0.2, -0.15) is 17.0 Å². The Balaban J connectivity index is 1.21. The molecule has 1 fully saturated rings. The van der Waals surface area contributed by atoms with Crippen LogP contribution in [0.25, 0.3) is 0 Å². The van der Waals surface area contributed by atoms with Gasteiger partial charge in [0.1, 0.15) is 0 Å².